The van der Waals surface area contributed by atoms with Gasteiger partial charge in [-0.3, -0.25) is 4.79 Å². The Hall–Kier alpha value is -1.11. The Kier molecular flexibility index (Phi) is 5.56. The first-order valence-electron chi connectivity index (χ1n) is 6.10. The summed E-state index contributed by atoms with van der Waals surface area (Å²) in [5.74, 6) is -0.599. The van der Waals surface area contributed by atoms with Crippen molar-refractivity contribution in [3.05, 3.63) is 28.3 Å². The first kappa shape index (κ1) is 16.9. The number of nitrogens with zero attached hydrogens (tertiary/aromatic N) is 1. The molecule has 7 heteroatoms. The van der Waals surface area contributed by atoms with Crippen LogP contribution in [0.25, 0.3) is 0 Å². The van der Waals surface area contributed by atoms with Crippen LogP contribution in [0.15, 0.2) is 12.1 Å². The number of halogens is 1. The van der Waals surface area contributed by atoms with Gasteiger partial charge in [0.25, 0.3) is 0 Å². The summed E-state index contributed by atoms with van der Waals surface area (Å²) in [6, 6.07) is 3.65. The molecule has 0 atom stereocenters. The van der Waals surface area contributed by atoms with Crippen LogP contribution in [0.2, 0.25) is 5.02 Å². The van der Waals surface area contributed by atoms with Crippen molar-refractivity contribution in [1.82, 2.24) is 4.31 Å². The number of carbonyl (C=O) groups excluding carboxylic acids is 1. The highest BCUT2D eigenvalue weighted by atomic mass is 35.5. The number of sulfonamides is 1. The zero-order valence-electron chi connectivity index (χ0n) is 12.0. The highest BCUT2D eigenvalue weighted by molar-refractivity contribution is 7.89. The van der Waals surface area contributed by atoms with Crippen LogP contribution in [-0.4, -0.2) is 38.5 Å². The third-order valence-electron chi connectivity index (χ3n) is 2.84. The third-order valence-corrected chi connectivity index (χ3v) is 4.97. The maximum Gasteiger partial charge on any atom is 0.225 e. The van der Waals surface area contributed by atoms with Gasteiger partial charge in [-0.25, -0.2) is 12.7 Å². The van der Waals surface area contributed by atoms with Crippen molar-refractivity contribution in [1.29, 1.82) is 0 Å². The maximum absolute atomic E-state index is 11.8. The highest BCUT2D eigenvalue weighted by Crippen LogP contribution is 2.27. The van der Waals surface area contributed by atoms with E-state index in [1.54, 1.807) is 6.07 Å². The van der Waals surface area contributed by atoms with Gasteiger partial charge >= 0.3 is 0 Å². The molecule has 0 unspecified atom stereocenters. The molecule has 1 amide bonds. The van der Waals surface area contributed by atoms with Gasteiger partial charge in [-0.1, -0.05) is 17.7 Å². The molecule has 0 aliphatic carbocycles. The minimum atomic E-state index is -3.37. The molecule has 5 nitrogen and oxygen atoms in total. The lowest BCUT2D eigenvalue weighted by Crippen LogP contribution is -2.27. The van der Waals surface area contributed by atoms with Gasteiger partial charge in [0.1, 0.15) is 0 Å². The van der Waals surface area contributed by atoms with Gasteiger partial charge < -0.3 is 5.32 Å². The summed E-state index contributed by atoms with van der Waals surface area (Å²) < 4.78 is 24.3. The van der Waals surface area contributed by atoms with Gasteiger partial charge in [0.2, 0.25) is 15.9 Å². The van der Waals surface area contributed by atoms with Crippen molar-refractivity contribution < 1.29 is 13.2 Å². The lowest BCUT2D eigenvalue weighted by atomic mass is 10.1. The molecule has 1 aromatic rings. The van der Waals surface area contributed by atoms with Crippen molar-refractivity contribution in [3.63, 3.8) is 0 Å². The molecule has 0 spiro atoms. The normalized spacial score (nSPS) is 11.7. The molecular weight excluding hydrogens is 300 g/mol. The van der Waals surface area contributed by atoms with E-state index in [1.165, 1.54) is 14.1 Å². The maximum atomic E-state index is 11.8. The Balaban J connectivity index is 2.74. The van der Waals surface area contributed by atoms with Crippen LogP contribution in [-0.2, 0) is 14.8 Å². The Bertz CT molecular complexity index is 589. The van der Waals surface area contributed by atoms with Crippen LogP contribution in [0.5, 0.6) is 0 Å². The van der Waals surface area contributed by atoms with E-state index in [0.717, 1.165) is 15.4 Å². The predicted molar refractivity (Wildman–Crippen MR) is 81.6 cm³/mol. The summed E-state index contributed by atoms with van der Waals surface area (Å²) in [4.78, 5) is 11.8. The quantitative estimate of drug-likeness (QED) is 0.905. The van der Waals surface area contributed by atoms with Gasteiger partial charge in [-0.2, -0.15) is 0 Å². The molecule has 0 fully saturated rings. The molecule has 0 bridgehead atoms. The zero-order chi connectivity index (χ0) is 15.5. The molecule has 0 radical (unpaired) electrons. The number of hydrogen-bond acceptors (Lipinski definition) is 3. The monoisotopic (exact) mass is 318 g/mol. The predicted octanol–water partition coefficient (Wildman–Crippen LogP) is 2.18. The standard InChI is InChI=1S/C13H19ClN2O3S/c1-9-7-10(2)13(11(14)8-9)15-12(17)5-6-20(18,19)16(3)4/h7-8H,5-6H2,1-4H3,(H,15,17). The molecule has 0 aliphatic rings. The van der Waals surface area contributed by atoms with E-state index in [4.69, 9.17) is 11.6 Å². The zero-order valence-corrected chi connectivity index (χ0v) is 13.6. The summed E-state index contributed by atoms with van der Waals surface area (Å²) in [7, 11) is -0.496. The van der Waals surface area contributed by atoms with E-state index in [2.05, 4.69) is 5.32 Å². The lowest BCUT2D eigenvalue weighted by molar-refractivity contribution is -0.115. The molecule has 112 valence electrons. The van der Waals surface area contributed by atoms with Crippen LogP contribution >= 0.6 is 11.6 Å². The molecule has 0 aromatic heterocycles. The topological polar surface area (TPSA) is 66.5 Å². The molecule has 20 heavy (non-hydrogen) atoms. The van der Waals surface area contributed by atoms with E-state index in [1.807, 2.05) is 19.9 Å². The average Bonchev–Trinajstić information content (AvgIpc) is 2.31. The van der Waals surface area contributed by atoms with Gasteiger partial charge in [0.15, 0.2) is 0 Å². The van der Waals surface area contributed by atoms with E-state index in [-0.39, 0.29) is 18.1 Å². The number of amides is 1. The Labute approximate surface area is 125 Å². The first-order valence-corrected chi connectivity index (χ1v) is 8.09. The van der Waals surface area contributed by atoms with Gasteiger partial charge in [-0.15, -0.1) is 0 Å². The van der Waals surface area contributed by atoms with Crippen LogP contribution in [0.4, 0.5) is 5.69 Å². The van der Waals surface area contributed by atoms with Crippen molar-refractivity contribution in [3.8, 4) is 0 Å². The van der Waals surface area contributed by atoms with Crippen LogP contribution < -0.4 is 5.32 Å². The minimum absolute atomic E-state index is 0.107. The number of carbonyl (C=O) groups is 1. The molecule has 1 aromatic carbocycles. The molecule has 0 heterocycles. The summed E-state index contributed by atoms with van der Waals surface area (Å²) in [5.41, 5.74) is 2.38. The lowest BCUT2D eigenvalue weighted by Gasteiger charge is -2.13. The Morgan fingerprint density at radius 1 is 1.30 bits per heavy atom. The second-order valence-corrected chi connectivity index (χ2v) is 7.54. The smallest absolute Gasteiger partial charge is 0.225 e. The average molecular weight is 319 g/mol. The molecule has 0 saturated heterocycles. The molecule has 0 saturated carbocycles. The number of hydrogen-bond donors (Lipinski definition) is 1. The second-order valence-electron chi connectivity index (χ2n) is 4.84. The molecule has 0 aliphatic heterocycles. The Morgan fingerprint density at radius 2 is 1.90 bits per heavy atom. The van der Waals surface area contributed by atoms with Gasteiger partial charge in [0.05, 0.1) is 16.5 Å². The largest absolute Gasteiger partial charge is 0.325 e. The van der Waals surface area contributed by atoms with E-state index in [9.17, 15) is 13.2 Å². The first-order chi connectivity index (χ1) is 9.13. The summed E-state index contributed by atoms with van der Waals surface area (Å²) in [6.45, 7) is 3.75. The van der Waals surface area contributed by atoms with Crippen molar-refractivity contribution >= 4 is 33.2 Å². The molecule has 1 N–H and O–H groups in total. The number of nitrogens with one attached hydrogen (secondary N) is 1. The SMILES string of the molecule is Cc1cc(C)c(NC(=O)CCS(=O)(=O)N(C)C)c(Cl)c1. The van der Waals surface area contributed by atoms with Crippen LogP contribution in [0.1, 0.15) is 17.5 Å². The van der Waals surface area contributed by atoms with Gasteiger partial charge in [-0.05, 0) is 31.0 Å². The number of rotatable bonds is 5. The summed E-state index contributed by atoms with van der Waals surface area (Å²) in [6.07, 6.45) is -0.107. The summed E-state index contributed by atoms with van der Waals surface area (Å²) in [5, 5.41) is 3.11. The van der Waals surface area contributed by atoms with Crippen molar-refractivity contribution in [2.75, 3.05) is 25.2 Å². The fraction of sp³-hybridized carbons (Fsp3) is 0.462. The number of aryl methyl sites for hydroxylation is 2. The summed E-state index contributed by atoms with van der Waals surface area (Å²) >= 11 is 6.08. The van der Waals surface area contributed by atoms with E-state index < -0.39 is 10.0 Å². The van der Waals surface area contributed by atoms with Crippen molar-refractivity contribution in [2.24, 2.45) is 0 Å². The van der Waals surface area contributed by atoms with Crippen LogP contribution in [0.3, 0.4) is 0 Å². The fourth-order valence-electron chi connectivity index (χ4n) is 1.68. The third kappa shape index (κ3) is 4.47. The molecule has 1 rings (SSSR count). The second kappa shape index (κ2) is 6.56. The van der Waals surface area contributed by atoms with Gasteiger partial charge in [0, 0.05) is 20.5 Å². The van der Waals surface area contributed by atoms with Crippen LogP contribution in [0, 0.1) is 13.8 Å². The van der Waals surface area contributed by atoms with Crippen molar-refractivity contribution in [2.45, 2.75) is 20.3 Å². The number of benzene rings is 1. The molecular formula is C13H19ClN2O3S. The highest BCUT2D eigenvalue weighted by Gasteiger charge is 2.17. The Morgan fingerprint density at radius 3 is 2.40 bits per heavy atom. The minimum Gasteiger partial charge on any atom is -0.325 e. The van der Waals surface area contributed by atoms with E-state index in [0.29, 0.717) is 10.7 Å². The number of anilines is 1. The fourth-order valence-corrected chi connectivity index (χ4v) is 2.86. The van der Waals surface area contributed by atoms with E-state index >= 15 is 0 Å².